The fourth-order valence-corrected chi connectivity index (χ4v) is 2.28. The van der Waals surface area contributed by atoms with E-state index in [4.69, 9.17) is 10.5 Å². The number of ether oxygens (including phenoxy) is 1. The Hall–Kier alpha value is -0.940. The molecule has 1 saturated carbocycles. The van der Waals surface area contributed by atoms with Gasteiger partial charge in [-0.1, -0.05) is 0 Å². The number of hydrogen-bond donors (Lipinski definition) is 1. The van der Waals surface area contributed by atoms with Gasteiger partial charge in [-0.05, 0) is 25.7 Å². The van der Waals surface area contributed by atoms with Crippen LogP contribution in [0, 0.1) is 0 Å². The maximum atomic E-state index is 5.84. The van der Waals surface area contributed by atoms with Crippen molar-refractivity contribution in [3.63, 3.8) is 0 Å². The molecular weight excluding hydrogens is 204 g/mol. The summed E-state index contributed by atoms with van der Waals surface area (Å²) in [5.41, 5.74) is 5.61. The zero-order chi connectivity index (χ0) is 11.1. The minimum Gasteiger partial charge on any atom is -0.366 e. The summed E-state index contributed by atoms with van der Waals surface area (Å²) >= 11 is 0. The molecule has 1 aromatic heterocycles. The topological polar surface area (TPSA) is 66.0 Å². The van der Waals surface area contributed by atoms with Crippen LogP contribution < -0.4 is 5.73 Å². The third kappa shape index (κ3) is 1.74. The van der Waals surface area contributed by atoms with Gasteiger partial charge in [0.1, 0.15) is 6.10 Å². The third-order valence-corrected chi connectivity index (χ3v) is 3.41. The number of aryl methyl sites for hydroxylation is 1. The molecule has 2 unspecified atom stereocenters. The van der Waals surface area contributed by atoms with Gasteiger partial charge in [-0.3, -0.25) is 4.68 Å². The van der Waals surface area contributed by atoms with Crippen molar-refractivity contribution in [2.45, 2.75) is 43.8 Å². The minimum absolute atomic E-state index is 0.0959. The number of aromatic nitrogens is 3. The molecular formula is C11H18N4O. The van der Waals surface area contributed by atoms with Crippen molar-refractivity contribution < 1.29 is 4.74 Å². The molecule has 1 aliphatic carbocycles. The van der Waals surface area contributed by atoms with E-state index in [1.807, 2.05) is 11.7 Å². The Morgan fingerprint density at radius 3 is 2.81 bits per heavy atom. The molecule has 1 aromatic rings. The summed E-state index contributed by atoms with van der Waals surface area (Å²) in [4.78, 5) is 4.61. The quantitative estimate of drug-likeness (QED) is 0.824. The van der Waals surface area contributed by atoms with E-state index in [0.29, 0.717) is 12.5 Å². The average Bonchev–Trinajstić information content (AvgIpc) is 2.89. The zero-order valence-electron chi connectivity index (χ0n) is 9.59. The lowest BCUT2D eigenvalue weighted by Gasteiger charge is -2.10. The van der Waals surface area contributed by atoms with Gasteiger partial charge in [-0.2, -0.15) is 5.10 Å². The van der Waals surface area contributed by atoms with Crippen molar-refractivity contribution >= 4 is 0 Å². The van der Waals surface area contributed by atoms with Crippen LogP contribution in [-0.4, -0.2) is 27.4 Å². The highest BCUT2D eigenvalue weighted by atomic mass is 16.5. The molecule has 0 radical (unpaired) electrons. The van der Waals surface area contributed by atoms with E-state index in [2.05, 4.69) is 10.1 Å². The second-order valence-corrected chi connectivity index (χ2v) is 4.79. The summed E-state index contributed by atoms with van der Waals surface area (Å²) < 4.78 is 7.71. The number of nitrogens with two attached hydrogens (primary N) is 1. The molecule has 5 nitrogen and oxygen atoms in total. The molecule has 0 bridgehead atoms. The van der Waals surface area contributed by atoms with E-state index < -0.39 is 0 Å². The Bertz CT molecular complexity index is 385. The number of rotatable bonds is 3. The van der Waals surface area contributed by atoms with Crippen LogP contribution >= 0.6 is 0 Å². The maximum Gasteiger partial charge on any atom is 0.156 e. The average molecular weight is 222 g/mol. The van der Waals surface area contributed by atoms with Gasteiger partial charge in [0.05, 0.1) is 6.10 Å². The first kappa shape index (κ1) is 10.2. The zero-order valence-corrected chi connectivity index (χ0v) is 9.59. The molecule has 2 atom stereocenters. The summed E-state index contributed by atoms with van der Waals surface area (Å²) in [5.74, 6) is 2.57. The molecule has 2 heterocycles. The monoisotopic (exact) mass is 222 g/mol. The van der Waals surface area contributed by atoms with Crippen LogP contribution in [0.1, 0.15) is 49.4 Å². The highest BCUT2D eigenvalue weighted by molar-refractivity contribution is 5.08. The molecule has 0 aromatic carbocycles. The van der Waals surface area contributed by atoms with Gasteiger partial charge in [0.2, 0.25) is 0 Å². The predicted octanol–water partition coefficient (Wildman–Crippen LogP) is 0.871. The van der Waals surface area contributed by atoms with Gasteiger partial charge in [-0.15, -0.1) is 0 Å². The summed E-state index contributed by atoms with van der Waals surface area (Å²) in [5, 5.41) is 4.46. The van der Waals surface area contributed by atoms with Crippen LogP contribution in [0.4, 0.5) is 0 Å². The predicted molar refractivity (Wildman–Crippen MR) is 58.9 cm³/mol. The lowest BCUT2D eigenvalue weighted by atomic mass is 10.2. The SMILES string of the molecule is Cn1nc(C2CC2)nc1C1CCC(CN)O1. The second kappa shape index (κ2) is 3.82. The molecule has 2 N–H and O–H groups in total. The van der Waals surface area contributed by atoms with Crippen LogP contribution in [-0.2, 0) is 11.8 Å². The molecule has 16 heavy (non-hydrogen) atoms. The Morgan fingerprint density at radius 2 is 2.19 bits per heavy atom. The molecule has 3 rings (SSSR count). The van der Waals surface area contributed by atoms with E-state index in [1.165, 1.54) is 12.8 Å². The van der Waals surface area contributed by atoms with Gasteiger partial charge in [0.25, 0.3) is 0 Å². The van der Waals surface area contributed by atoms with E-state index >= 15 is 0 Å². The van der Waals surface area contributed by atoms with E-state index in [9.17, 15) is 0 Å². The molecule has 5 heteroatoms. The lowest BCUT2D eigenvalue weighted by molar-refractivity contribution is 0.0427. The summed E-state index contributed by atoms with van der Waals surface area (Å²) in [6.07, 6.45) is 4.82. The van der Waals surface area contributed by atoms with E-state index in [-0.39, 0.29) is 12.2 Å². The molecule has 1 aliphatic heterocycles. The van der Waals surface area contributed by atoms with Crippen molar-refractivity contribution in [3.05, 3.63) is 11.6 Å². The Kier molecular flexibility index (Phi) is 2.44. The molecule has 2 fully saturated rings. The van der Waals surface area contributed by atoms with Gasteiger partial charge in [0.15, 0.2) is 11.6 Å². The van der Waals surface area contributed by atoms with Crippen LogP contribution in [0.5, 0.6) is 0 Å². The molecule has 88 valence electrons. The van der Waals surface area contributed by atoms with Gasteiger partial charge < -0.3 is 10.5 Å². The van der Waals surface area contributed by atoms with Crippen molar-refractivity contribution in [2.75, 3.05) is 6.54 Å². The summed E-state index contributed by atoms with van der Waals surface area (Å²) in [6, 6.07) is 0. The lowest BCUT2D eigenvalue weighted by Crippen LogP contribution is -2.19. The van der Waals surface area contributed by atoms with E-state index in [0.717, 1.165) is 24.5 Å². The van der Waals surface area contributed by atoms with Crippen LogP contribution in [0.25, 0.3) is 0 Å². The van der Waals surface area contributed by atoms with Crippen molar-refractivity contribution in [3.8, 4) is 0 Å². The fourth-order valence-electron chi connectivity index (χ4n) is 2.28. The fraction of sp³-hybridized carbons (Fsp3) is 0.818. The molecule has 0 spiro atoms. The minimum atomic E-state index is 0.0959. The Labute approximate surface area is 95.0 Å². The van der Waals surface area contributed by atoms with Crippen molar-refractivity contribution in [2.24, 2.45) is 12.8 Å². The smallest absolute Gasteiger partial charge is 0.156 e. The van der Waals surface area contributed by atoms with Crippen LogP contribution in [0.3, 0.4) is 0 Å². The highest BCUT2D eigenvalue weighted by Crippen LogP contribution is 2.39. The maximum absolute atomic E-state index is 5.84. The van der Waals surface area contributed by atoms with Gasteiger partial charge in [0, 0.05) is 19.5 Å². The third-order valence-electron chi connectivity index (χ3n) is 3.41. The molecule has 1 saturated heterocycles. The van der Waals surface area contributed by atoms with E-state index in [1.54, 1.807) is 0 Å². The largest absolute Gasteiger partial charge is 0.366 e. The van der Waals surface area contributed by atoms with Crippen LogP contribution in [0.15, 0.2) is 0 Å². The summed E-state index contributed by atoms with van der Waals surface area (Å²) in [6.45, 7) is 0.601. The first-order chi connectivity index (χ1) is 7.78. The van der Waals surface area contributed by atoms with Crippen molar-refractivity contribution in [1.29, 1.82) is 0 Å². The van der Waals surface area contributed by atoms with Gasteiger partial charge >= 0.3 is 0 Å². The normalized spacial score (nSPS) is 29.9. The first-order valence-corrected chi connectivity index (χ1v) is 6.04. The first-order valence-electron chi connectivity index (χ1n) is 6.04. The highest BCUT2D eigenvalue weighted by Gasteiger charge is 2.33. The number of nitrogens with zero attached hydrogens (tertiary/aromatic N) is 3. The second-order valence-electron chi connectivity index (χ2n) is 4.79. The Balaban J connectivity index is 1.78. The molecule has 2 aliphatic rings. The Morgan fingerprint density at radius 1 is 1.38 bits per heavy atom. The van der Waals surface area contributed by atoms with Crippen LogP contribution in [0.2, 0.25) is 0 Å². The number of hydrogen-bond acceptors (Lipinski definition) is 4. The van der Waals surface area contributed by atoms with Gasteiger partial charge in [-0.25, -0.2) is 4.98 Å². The van der Waals surface area contributed by atoms with Crippen molar-refractivity contribution in [1.82, 2.24) is 14.8 Å². The summed E-state index contributed by atoms with van der Waals surface area (Å²) in [7, 11) is 1.95. The molecule has 0 amide bonds. The standard InChI is InChI=1S/C11H18N4O/c1-15-11(9-5-4-8(6-12)16-9)13-10(14-15)7-2-3-7/h7-9H,2-6,12H2,1H3.